The molecule has 0 N–H and O–H groups in total. The van der Waals surface area contributed by atoms with Crippen molar-refractivity contribution in [1.82, 2.24) is 0 Å². The maximum absolute atomic E-state index is 11.9. The zero-order valence-corrected chi connectivity index (χ0v) is 18.3. The van der Waals surface area contributed by atoms with Gasteiger partial charge in [0, 0.05) is 4.47 Å². The molecule has 1 heterocycles. The molecule has 4 heteroatoms. The molecule has 3 rings (SSSR count). The SMILES string of the molecule is CC(=O)c1cc(C(=C=Nc2c(C)cc(Br)cc2C)c2ccc(C)cc2)oc1C. The highest BCUT2D eigenvalue weighted by Crippen LogP contribution is 2.29. The maximum atomic E-state index is 11.9. The van der Waals surface area contributed by atoms with Gasteiger partial charge >= 0.3 is 0 Å². The van der Waals surface area contributed by atoms with E-state index in [0.717, 1.165) is 32.4 Å². The number of benzene rings is 2. The summed E-state index contributed by atoms with van der Waals surface area (Å²) in [6.07, 6.45) is 0. The molecule has 0 aliphatic heterocycles. The first-order chi connectivity index (χ1) is 13.3. The minimum absolute atomic E-state index is 0.0210. The van der Waals surface area contributed by atoms with Crippen LogP contribution in [0.1, 0.15) is 51.1 Å². The number of ketones is 1. The Kier molecular flexibility index (Phi) is 5.83. The summed E-state index contributed by atoms with van der Waals surface area (Å²) < 4.78 is 6.93. The van der Waals surface area contributed by atoms with Crippen molar-refractivity contribution >= 4 is 38.8 Å². The van der Waals surface area contributed by atoms with Gasteiger partial charge in [-0.15, -0.1) is 0 Å². The molecule has 0 aliphatic carbocycles. The number of carbonyl (C=O) groups excluding carboxylic acids is 1. The average Bonchev–Trinajstić information content (AvgIpc) is 3.00. The zero-order chi connectivity index (χ0) is 20.4. The number of furan rings is 1. The van der Waals surface area contributed by atoms with Gasteiger partial charge in [-0.2, -0.15) is 0 Å². The van der Waals surface area contributed by atoms with Crippen LogP contribution in [0.25, 0.3) is 5.57 Å². The van der Waals surface area contributed by atoms with E-state index in [1.165, 1.54) is 5.56 Å². The van der Waals surface area contributed by atoms with Gasteiger partial charge in [0.25, 0.3) is 0 Å². The number of Topliss-reactive ketones (excluding diaryl/α,β-unsaturated/α-hetero) is 1. The summed E-state index contributed by atoms with van der Waals surface area (Å²) in [5.41, 5.74) is 6.40. The number of rotatable bonds is 4. The Morgan fingerprint density at radius 3 is 2.14 bits per heavy atom. The number of carbonyl (C=O) groups is 1. The molecule has 0 radical (unpaired) electrons. The van der Waals surface area contributed by atoms with Crippen molar-refractivity contribution in [3.8, 4) is 0 Å². The van der Waals surface area contributed by atoms with Gasteiger partial charge < -0.3 is 4.42 Å². The Morgan fingerprint density at radius 1 is 1.00 bits per heavy atom. The summed E-state index contributed by atoms with van der Waals surface area (Å²) >= 11 is 3.52. The van der Waals surface area contributed by atoms with Gasteiger partial charge in [-0.3, -0.25) is 4.79 Å². The van der Waals surface area contributed by atoms with Gasteiger partial charge in [0.2, 0.25) is 0 Å². The zero-order valence-electron chi connectivity index (χ0n) is 16.7. The van der Waals surface area contributed by atoms with E-state index in [2.05, 4.69) is 26.8 Å². The molecular weight excluding hydrogens is 414 g/mol. The fourth-order valence-corrected chi connectivity index (χ4v) is 3.81. The minimum Gasteiger partial charge on any atom is -0.460 e. The third-order valence-electron chi connectivity index (χ3n) is 4.62. The molecule has 28 heavy (non-hydrogen) atoms. The van der Waals surface area contributed by atoms with Crippen molar-refractivity contribution in [3.63, 3.8) is 0 Å². The number of aryl methyl sites for hydroxylation is 4. The molecular formula is C24H22BrNO2. The Morgan fingerprint density at radius 2 is 1.61 bits per heavy atom. The van der Waals surface area contributed by atoms with Crippen molar-refractivity contribution < 1.29 is 9.21 Å². The van der Waals surface area contributed by atoms with Gasteiger partial charge in [-0.05, 0) is 75.4 Å². The molecule has 142 valence electrons. The second kappa shape index (κ2) is 8.14. The molecule has 0 saturated carbocycles. The normalized spacial score (nSPS) is 10.5. The van der Waals surface area contributed by atoms with Crippen molar-refractivity contribution in [3.05, 3.63) is 86.3 Å². The van der Waals surface area contributed by atoms with Gasteiger partial charge in [0.1, 0.15) is 11.5 Å². The third-order valence-corrected chi connectivity index (χ3v) is 5.08. The summed E-state index contributed by atoms with van der Waals surface area (Å²) in [6, 6.07) is 13.9. The highest BCUT2D eigenvalue weighted by molar-refractivity contribution is 9.10. The smallest absolute Gasteiger partial charge is 0.163 e. The van der Waals surface area contributed by atoms with E-state index < -0.39 is 0 Å². The number of hydrogen-bond donors (Lipinski definition) is 0. The van der Waals surface area contributed by atoms with Crippen LogP contribution in [0, 0.1) is 27.7 Å². The van der Waals surface area contributed by atoms with Crippen LogP contribution in [-0.4, -0.2) is 11.7 Å². The predicted octanol–water partition coefficient (Wildman–Crippen LogP) is 6.91. The van der Waals surface area contributed by atoms with Crippen LogP contribution < -0.4 is 0 Å². The molecule has 0 bridgehead atoms. The molecule has 0 amide bonds. The number of nitrogens with zero attached hydrogens (tertiary/aromatic N) is 1. The summed E-state index contributed by atoms with van der Waals surface area (Å²) in [7, 11) is 0. The monoisotopic (exact) mass is 435 g/mol. The molecule has 0 spiro atoms. The van der Waals surface area contributed by atoms with E-state index in [1.54, 1.807) is 19.9 Å². The van der Waals surface area contributed by atoms with Gasteiger partial charge in [0.15, 0.2) is 5.78 Å². The second-order valence-electron chi connectivity index (χ2n) is 6.99. The van der Waals surface area contributed by atoms with Crippen LogP contribution in [0.15, 0.2) is 56.3 Å². The van der Waals surface area contributed by atoms with E-state index in [1.807, 2.05) is 57.2 Å². The van der Waals surface area contributed by atoms with Crippen molar-refractivity contribution in [2.45, 2.75) is 34.6 Å². The lowest BCUT2D eigenvalue weighted by molar-refractivity contribution is 0.101. The molecule has 0 fully saturated rings. The largest absolute Gasteiger partial charge is 0.460 e. The highest BCUT2D eigenvalue weighted by Gasteiger charge is 2.16. The van der Waals surface area contributed by atoms with E-state index in [4.69, 9.17) is 4.42 Å². The molecule has 3 nitrogen and oxygen atoms in total. The van der Waals surface area contributed by atoms with Crippen molar-refractivity contribution in [2.75, 3.05) is 0 Å². The number of halogens is 1. The standard InChI is InChI=1S/C24H22BrNO2/c1-14-6-8-19(9-7-14)22(23-12-21(17(4)27)18(5)28-23)13-26-24-15(2)10-20(25)11-16(24)3/h6-12H,1-5H3. The van der Waals surface area contributed by atoms with Gasteiger partial charge in [-0.25, -0.2) is 4.99 Å². The van der Waals surface area contributed by atoms with Gasteiger partial charge in [-0.1, -0.05) is 45.8 Å². The Bertz CT molecular complexity index is 1090. The molecule has 0 saturated heterocycles. The predicted molar refractivity (Wildman–Crippen MR) is 118 cm³/mol. The summed E-state index contributed by atoms with van der Waals surface area (Å²) in [4.78, 5) is 16.5. The van der Waals surface area contributed by atoms with E-state index >= 15 is 0 Å². The van der Waals surface area contributed by atoms with Crippen LogP contribution >= 0.6 is 15.9 Å². The first-order valence-electron chi connectivity index (χ1n) is 9.05. The highest BCUT2D eigenvalue weighted by atomic mass is 79.9. The van der Waals surface area contributed by atoms with E-state index in [0.29, 0.717) is 17.1 Å². The topological polar surface area (TPSA) is 42.6 Å². The Balaban J connectivity index is 2.22. The molecule has 0 aliphatic rings. The molecule has 1 aromatic heterocycles. The van der Waals surface area contributed by atoms with E-state index in [-0.39, 0.29) is 5.78 Å². The fraction of sp³-hybridized carbons (Fsp3) is 0.208. The van der Waals surface area contributed by atoms with Crippen LogP contribution in [0.2, 0.25) is 0 Å². The average molecular weight is 436 g/mol. The lowest BCUT2D eigenvalue weighted by Crippen LogP contribution is -1.91. The van der Waals surface area contributed by atoms with Crippen molar-refractivity contribution in [1.29, 1.82) is 0 Å². The van der Waals surface area contributed by atoms with Crippen molar-refractivity contribution in [2.24, 2.45) is 4.99 Å². The maximum Gasteiger partial charge on any atom is 0.163 e. The fourth-order valence-electron chi connectivity index (χ4n) is 3.13. The van der Waals surface area contributed by atoms with Gasteiger partial charge in [0.05, 0.1) is 16.8 Å². The van der Waals surface area contributed by atoms with E-state index in [9.17, 15) is 4.79 Å². The van der Waals surface area contributed by atoms with Crippen LogP contribution in [0.3, 0.4) is 0 Å². The molecule has 0 atom stereocenters. The summed E-state index contributed by atoms with van der Waals surface area (Å²) in [5, 5.41) is 0. The number of aliphatic imine (C=N–C) groups is 1. The molecule has 0 unspecified atom stereocenters. The number of hydrogen-bond acceptors (Lipinski definition) is 3. The first kappa shape index (κ1) is 20.1. The second-order valence-corrected chi connectivity index (χ2v) is 7.91. The lowest BCUT2D eigenvalue weighted by Gasteiger charge is -2.05. The Labute approximate surface area is 173 Å². The molecule has 2 aromatic carbocycles. The lowest BCUT2D eigenvalue weighted by atomic mass is 10.0. The van der Waals surface area contributed by atoms with Crippen LogP contribution in [0.4, 0.5) is 5.69 Å². The van der Waals surface area contributed by atoms with Crippen LogP contribution in [0.5, 0.6) is 0 Å². The Hall–Kier alpha value is -2.68. The quantitative estimate of drug-likeness (QED) is 0.329. The molecule has 3 aromatic rings. The third kappa shape index (κ3) is 4.24. The summed E-state index contributed by atoms with van der Waals surface area (Å²) in [6.45, 7) is 9.43. The first-order valence-corrected chi connectivity index (χ1v) is 9.84. The minimum atomic E-state index is -0.0210. The van der Waals surface area contributed by atoms with Crippen LogP contribution in [-0.2, 0) is 0 Å². The summed E-state index contributed by atoms with van der Waals surface area (Å²) in [5.74, 6) is 4.36.